The molecule has 1 heterocycles. The summed E-state index contributed by atoms with van der Waals surface area (Å²) in [5, 5.41) is 2.92. The Balaban J connectivity index is 0.00000280. The van der Waals surface area contributed by atoms with Crippen molar-refractivity contribution < 1.29 is 9.59 Å². The molecule has 0 bridgehead atoms. The van der Waals surface area contributed by atoms with Crippen LogP contribution in [-0.2, 0) is 0 Å². The second kappa shape index (κ2) is 9.71. The van der Waals surface area contributed by atoms with Crippen LogP contribution in [0.4, 0.5) is 5.69 Å². The minimum Gasteiger partial charge on any atom is -0.338 e. The van der Waals surface area contributed by atoms with E-state index in [0.717, 1.165) is 24.9 Å². The van der Waals surface area contributed by atoms with Crippen LogP contribution < -0.4 is 11.1 Å². The molecule has 1 aliphatic heterocycles. The fourth-order valence-electron chi connectivity index (χ4n) is 3.48. The van der Waals surface area contributed by atoms with Gasteiger partial charge in [-0.2, -0.15) is 0 Å². The molecule has 0 aliphatic carbocycles. The molecule has 28 heavy (non-hydrogen) atoms. The van der Waals surface area contributed by atoms with E-state index in [1.807, 2.05) is 49.1 Å². The molecule has 0 radical (unpaired) electrons. The van der Waals surface area contributed by atoms with Crippen LogP contribution in [0.3, 0.4) is 0 Å². The molecule has 0 spiro atoms. The maximum Gasteiger partial charge on any atom is 0.255 e. The molecule has 3 rings (SSSR count). The predicted molar refractivity (Wildman–Crippen MR) is 115 cm³/mol. The van der Waals surface area contributed by atoms with Crippen LogP contribution in [0.5, 0.6) is 0 Å². The third kappa shape index (κ3) is 5.12. The highest BCUT2D eigenvalue weighted by Crippen LogP contribution is 2.23. The summed E-state index contributed by atoms with van der Waals surface area (Å²) in [6.07, 6.45) is 2.04. The van der Waals surface area contributed by atoms with Crippen molar-refractivity contribution in [3.8, 4) is 0 Å². The molecule has 2 aromatic rings. The fraction of sp³-hybridized carbons (Fsp3) is 0.364. The quantitative estimate of drug-likeness (QED) is 0.816. The van der Waals surface area contributed by atoms with Crippen LogP contribution in [-0.4, -0.2) is 35.8 Å². The van der Waals surface area contributed by atoms with Gasteiger partial charge < -0.3 is 16.0 Å². The predicted octanol–water partition coefficient (Wildman–Crippen LogP) is 3.87. The van der Waals surface area contributed by atoms with Crippen molar-refractivity contribution in [3.05, 3.63) is 65.2 Å². The average Bonchev–Trinajstić information content (AvgIpc) is 2.69. The minimum atomic E-state index is -0.182. The minimum absolute atomic E-state index is 0. The number of anilines is 1. The monoisotopic (exact) mass is 401 g/mol. The Morgan fingerprint density at radius 3 is 2.54 bits per heavy atom. The SMILES string of the molecule is Cc1ccc(C(=O)N2CCCC(C(C)N)C2)cc1NC(=O)c1ccccc1.Cl. The molecule has 1 saturated heterocycles. The summed E-state index contributed by atoms with van der Waals surface area (Å²) in [6, 6.07) is 14.6. The number of likely N-dealkylation sites (tertiary alicyclic amines) is 1. The van der Waals surface area contributed by atoms with E-state index in [1.54, 1.807) is 18.2 Å². The number of benzene rings is 2. The van der Waals surface area contributed by atoms with Gasteiger partial charge in [0, 0.05) is 35.9 Å². The number of carbonyl (C=O) groups is 2. The summed E-state index contributed by atoms with van der Waals surface area (Å²) in [7, 11) is 0. The first kappa shape index (κ1) is 21.9. The lowest BCUT2D eigenvalue weighted by Gasteiger charge is -2.34. The summed E-state index contributed by atoms with van der Waals surface area (Å²) >= 11 is 0. The third-order valence-corrected chi connectivity index (χ3v) is 5.26. The number of piperidine rings is 1. The lowest BCUT2D eigenvalue weighted by molar-refractivity contribution is 0.0660. The summed E-state index contributed by atoms with van der Waals surface area (Å²) in [5.41, 5.74) is 8.80. The molecule has 0 saturated carbocycles. The molecule has 6 heteroatoms. The Bertz CT molecular complexity index is 824. The fourth-order valence-corrected chi connectivity index (χ4v) is 3.48. The van der Waals surface area contributed by atoms with E-state index >= 15 is 0 Å². The Morgan fingerprint density at radius 2 is 1.86 bits per heavy atom. The van der Waals surface area contributed by atoms with Crippen LogP contribution in [0.1, 0.15) is 46.0 Å². The zero-order valence-corrected chi connectivity index (χ0v) is 17.2. The Hall–Kier alpha value is -2.37. The van der Waals surface area contributed by atoms with E-state index in [1.165, 1.54) is 0 Å². The first-order valence-corrected chi connectivity index (χ1v) is 9.47. The Labute approximate surface area is 172 Å². The van der Waals surface area contributed by atoms with Gasteiger partial charge in [0.15, 0.2) is 0 Å². The molecule has 1 fully saturated rings. The van der Waals surface area contributed by atoms with Gasteiger partial charge in [0.05, 0.1) is 0 Å². The van der Waals surface area contributed by atoms with Gasteiger partial charge in [-0.1, -0.05) is 24.3 Å². The van der Waals surface area contributed by atoms with E-state index in [0.29, 0.717) is 29.3 Å². The molecule has 150 valence electrons. The number of nitrogens with one attached hydrogen (secondary N) is 1. The molecule has 5 nitrogen and oxygen atoms in total. The molecule has 3 N–H and O–H groups in total. The van der Waals surface area contributed by atoms with Crippen molar-refractivity contribution in [3.63, 3.8) is 0 Å². The van der Waals surface area contributed by atoms with Gasteiger partial charge in [-0.05, 0) is 62.4 Å². The maximum absolute atomic E-state index is 13.0. The highest BCUT2D eigenvalue weighted by atomic mass is 35.5. The number of halogens is 1. The summed E-state index contributed by atoms with van der Waals surface area (Å²) < 4.78 is 0. The van der Waals surface area contributed by atoms with Gasteiger partial charge >= 0.3 is 0 Å². The molecule has 2 aromatic carbocycles. The molecule has 2 unspecified atom stereocenters. The summed E-state index contributed by atoms with van der Waals surface area (Å²) in [6.45, 7) is 5.36. The Morgan fingerprint density at radius 1 is 1.14 bits per heavy atom. The van der Waals surface area contributed by atoms with Crippen molar-refractivity contribution in [1.29, 1.82) is 0 Å². The first-order chi connectivity index (χ1) is 13.0. The van der Waals surface area contributed by atoms with E-state index < -0.39 is 0 Å². The van der Waals surface area contributed by atoms with Crippen molar-refractivity contribution in [2.24, 2.45) is 11.7 Å². The van der Waals surface area contributed by atoms with Crippen LogP contribution in [0.25, 0.3) is 0 Å². The van der Waals surface area contributed by atoms with E-state index in [9.17, 15) is 9.59 Å². The number of hydrogen-bond acceptors (Lipinski definition) is 3. The van der Waals surface area contributed by atoms with E-state index in [2.05, 4.69) is 5.32 Å². The Kier molecular flexibility index (Phi) is 7.61. The van der Waals surface area contributed by atoms with E-state index in [-0.39, 0.29) is 30.3 Å². The zero-order chi connectivity index (χ0) is 19.4. The van der Waals surface area contributed by atoms with Crippen LogP contribution in [0.15, 0.2) is 48.5 Å². The topological polar surface area (TPSA) is 75.4 Å². The second-order valence-corrected chi connectivity index (χ2v) is 7.36. The first-order valence-electron chi connectivity index (χ1n) is 9.47. The lowest BCUT2D eigenvalue weighted by atomic mass is 9.92. The number of amides is 2. The number of aryl methyl sites for hydroxylation is 1. The van der Waals surface area contributed by atoms with Crippen LogP contribution in [0, 0.1) is 12.8 Å². The van der Waals surface area contributed by atoms with Gasteiger partial charge in [-0.25, -0.2) is 0 Å². The molecular weight excluding hydrogens is 374 g/mol. The average molecular weight is 402 g/mol. The number of nitrogens with zero attached hydrogens (tertiary/aromatic N) is 1. The van der Waals surface area contributed by atoms with Crippen molar-refractivity contribution in [2.45, 2.75) is 32.7 Å². The van der Waals surface area contributed by atoms with Crippen molar-refractivity contribution in [1.82, 2.24) is 4.90 Å². The van der Waals surface area contributed by atoms with E-state index in [4.69, 9.17) is 5.73 Å². The second-order valence-electron chi connectivity index (χ2n) is 7.36. The number of nitrogens with two attached hydrogens (primary N) is 1. The molecule has 2 amide bonds. The van der Waals surface area contributed by atoms with Gasteiger partial charge in [0.1, 0.15) is 0 Å². The number of rotatable bonds is 4. The summed E-state index contributed by atoms with van der Waals surface area (Å²) in [4.78, 5) is 27.3. The summed E-state index contributed by atoms with van der Waals surface area (Å²) in [5.74, 6) is 0.152. The highest BCUT2D eigenvalue weighted by molar-refractivity contribution is 6.05. The lowest BCUT2D eigenvalue weighted by Crippen LogP contribution is -2.45. The molecule has 2 atom stereocenters. The standard InChI is InChI=1S/C22H27N3O2.ClH/c1-15-10-11-18(22(27)25-12-6-9-19(14-25)16(2)23)13-20(15)24-21(26)17-7-4-3-5-8-17;/h3-5,7-8,10-11,13,16,19H,6,9,12,14,23H2,1-2H3,(H,24,26);1H. The van der Waals surface area contributed by atoms with Gasteiger partial charge in [-0.15, -0.1) is 12.4 Å². The largest absolute Gasteiger partial charge is 0.338 e. The van der Waals surface area contributed by atoms with Crippen LogP contribution in [0.2, 0.25) is 0 Å². The van der Waals surface area contributed by atoms with Gasteiger partial charge in [0.25, 0.3) is 11.8 Å². The van der Waals surface area contributed by atoms with Gasteiger partial charge in [-0.3, -0.25) is 9.59 Å². The molecule has 0 aromatic heterocycles. The molecule has 1 aliphatic rings. The smallest absolute Gasteiger partial charge is 0.255 e. The molecular formula is C22H28ClN3O2. The normalized spacial score (nSPS) is 17.4. The third-order valence-electron chi connectivity index (χ3n) is 5.26. The van der Waals surface area contributed by atoms with Gasteiger partial charge in [0.2, 0.25) is 0 Å². The van der Waals surface area contributed by atoms with Crippen molar-refractivity contribution >= 4 is 29.9 Å². The highest BCUT2D eigenvalue weighted by Gasteiger charge is 2.26. The van der Waals surface area contributed by atoms with Crippen molar-refractivity contribution in [2.75, 3.05) is 18.4 Å². The zero-order valence-electron chi connectivity index (χ0n) is 16.4. The van der Waals surface area contributed by atoms with Crippen LogP contribution >= 0.6 is 12.4 Å². The number of hydrogen-bond donors (Lipinski definition) is 2. The maximum atomic E-state index is 13.0. The number of carbonyl (C=O) groups excluding carboxylic acids is 2.